The lowest BCUT2D eigenvalue weighted by molar-refractivity contribution is -0.121. The third kappa shape index (κ3) is 4.85. The van der Waals surface area contributed by atoms with Crippen LogP contribution in [0, 0.1) is 0 Å². The number of benzene rings is 2. The van der Waals surface area contributed by atoms with Crippen molar-refractivity contribution in [3.63, 3.8) is 0 Å². The molecule has 2 aromatic rings. The molecule has 5 nitrogen and oxygen atoms in total. The maximum Gasteiger partial charge on any atom is 0.227 e. The van der Waals surface area contributed by atoms with Crippen LogP contribution in [0.1, 0.15) is 25.3 Å². The summed E-state index contributed by atoms with van der Waals surface area (Å²) < 4.78 is 0. The van der Waals surface area contributed by atoms with E-state index >= 15 is 0 Å². The van der Waals surface area contributed by atoms with Crippen molar-refractivity contribution >= 4 is 23.2 Å². The second-order valence-corrected chi connectivity index (χ2v) is 6.71. The Bertz CT molecular complexity index is 744. The lowest BCUT2D eigenvalue weighted by Crippen LogP contribution is -2.38. The first kappa shape index (κ1) is 18.0. The smallest absolute Gasteiger partial charge is 0.227 e. The standard InChI is InChI=1S/C21H25N3O2/c1-16(15-22-18-6-3-2-4-7-18)23-20(25)14-17-9-11-19(12-10-17)24-13-5-8-21(24)26/h2-4,6-7,9-12,16,22H,5,8,13-15H2,1H3,(H,23,25)/t16-/m0/s1. The van der Waals surface area contributed by atoms with Gasteiger partial charge < -0.3 is 15.5 Å². The molecule has 3 rings (SSSR count). The van der Waals surface area contributed by atoms with Crippen LogP contribution in [0.25, 0.3) is 0 Å². The molecule has 1 fully saturated rings. The van der Waals surface area contributed by atoms with Gasteiger partial charge in [-0.3, -0.25) is 9.59 Å². The molecule has 136 valence electrons. The minimum Gasteiger partial charge on any atom is -0.383 e. The van der Waals surface area contributed by atoms with Gasteiger partial charge in [-0.1, -0.05) is 30.3 Å². The number of hydrogen-bond donors (Lipinski definition) is 2. The fourth-order valence-corrected chi connectivity index (χ4v) is 3.10. The fourth-order valence-electron chi connectivity index (χ4n) is 3.10. The van der Waals surface area contributed by atoms with E-state index in [1.165, 1.54) is 0 Å². The average molecular weight is 351 g/mol. The number of nitrogens with one attached hydrogen (secondary N) is 2. The third-order valence-corrected chi connectivity index (χ3v) is 4.48. The van der Waals surface area contributed by atoms with Crippen LogP contribution in [0.5, 0.6) is 0 Å². The van der Waals surface area contributed by atoms with E-state index in [1.54, 1.807) is 4.90 Å². The molecule has 1 atom stereocenters. The Kier molecular flexibility index (Phi) is 5.89. The summed E-state index contributed by atoms with van der Waals surface area (Å²) in [4.78, 5) is 25.8. The molecule has 0 bridgehead atoms. The van der Waals surface area contributed by atoms with Gasteiger partial charge in [0.2, 0.25) is 11.8 Å². The zero-order valence-corrected chi connectivity index (χ0v) is 15.1. The van der Waals surface area contributed by atoms with Crippen LogP contribution >= 0.6 is 0 Å². The molecule has 5 heteroatoms. The molecule has 2 amide bonds. The molecule has 26 heavy (non-hydrogen) atoms. The molecule has 1 aliphatic heterocycles. The predicted molar refractivity (Wildman–Crippen MR) is 104 cm³/mol. The number of carbonyl (C=O) groups is 2. The van der Waals surface area contributed by atoms with Crippen molar-refractivity contribution in [2.24, 2.45) is 0 Å². The van der Waals surface area contributed by atoms with Crippen LogP contribution < -0.4 is 15.5 Å². The Labute approximate surface area is 154 Å². The van der Waals surface area contributed by atoms with E-state index in [-0.39, 0.29) is 17.9 Å². The van der Waals surface area contributed by atoms with Crippen LogP contribution in [0.4, 0.5) is 11.4 Å². The lowest BCUT2D eigenvalue weighted by Gasteiger charge is -2.17. The monoisotopic (exact) mass is 351 g/mol. The van der Waals surface area contributed by atoms with E-state index in [2.05, 4.69) is 10.6 Å². The van der Waals surface area contributed by atoms with Gasteiger partial charge in [-0.2, -0.15) is 0 Å². The van der Waals surface area contributed by atoms with Crippen molar-refractivity contribution in [1.29, 1.82) is 0 Å². The highest BCUT2D eigenvalue weighted by Crippen LogP contribution is 2.21. The van der Waals surface area contributed by atoms with E-state index in [9.17, 15) is 9.59 Å². The Hall–Kier alpha value is -2.82. The first-order valence-electron chi connectivity index (χ1n) is 9.09. The van der Waals surface area contributed by atoms with E-state index in [0.717, 1.165) is 29.9 Å². The van der Waals surface area contributed by atoms with Gasteiger partial charge >= 0.3 is 0 Å². The summed E-state index contributed by atoms with van der Waals surface area (Å²) in [5.41, 5.74) is 2.90. The highest BCUT2D eigenvalue weighted by molar-refractivity contribution is 5.95. The van der Waals surface area contributed by atoms with Gasteiger partial charge in [0.05, 0.1) is 6.42 Å². The lowest BCUT2D eigenvalue weighted by atomic mass is 10.1. The zero-order chi connectivity index (χ0) is 18.4. The SMILES string of the molecule is C[C@@H](CNc1ccccc1)NC(=O)Cc1ccc(N2CCCC2=O)cc1. The highest BCUT2D eigenvalue weighted by atomic mass is 16.2. The van der Waals surface area contributed by atoms with E-state index < -0.39 is 0 Å². The van der Waals surface area contributed by atoms with Gasteiger partial charge in [-0.15, -0.1) is 0 Å². The van der Waals surface area contributed by atoms with Crippen LogP contribution in [0.3, 0.4) is 0 Å². The summed E-state index contributed by atoms with van der Waals surface area (Å²) in [6, 6.07) is 17.7. The molecule has 0 spiro atoms. The molecule has 2 aromatic carbocycles. The maximum absolute atomic E-state index is 12.2. The first-order chi connectivity index (χ1) is 12.6. The molecule has 0 aromatic heterocycles. The molecule has 1 saturated heterocycles. The summed E-state index contributed by atoms with van der Waals surface area (Å²) in [6.07, 6.45) is 1.88. The van der Waals surface area contributed by atoms with Gasteiger partial charge in [-0.05, 0) is 43.2 Å². The number of amides is 2. The van der Waals surface area contributed by atoms with Gasteiger partial charge in [0, 0.05) is 36.9 Å². The van der Waals surface area contributed by atoms with Crippen molar-refractivity contribution < 1.29 is 9.59 Å². The van der Waals surface area contributed by atoms with Crippen molar-refractivity contribution in [1.82, 2.24) is 5.32 Å². The molecular formula is C21H25N3O2. The summed E-state index contributed by atoms with van der Waals surface area (Å²) in [5, 5.41) is 6.31. The van der Waals surface area contributed by atoms with Gasteiger partial charge in [0.1, 0.15) is 0 Å². The molecule has 0 unspecified atom stereocenters. The Balaban J connectivity index is 1.46. The molecule has 0 aliphatic carbocycles. The largest absolute Gasteiger partial charge is 0.383 e. The summed E-state index contributed by atoms with van der Waals surface area (Å²) in [6.45, 7) is 3.44. The van der Waals surface area contributed by atoms with Crippen molar-refractivity contribution in [2.45, 2.75) is 32.2 Å². The van der Waals surface area contributed by atoms with Gasteiger partial charge in [0.15, 0.2) is 0 Å². The third-order valence-electron chi connectivity index (χ3n) is 4.48. The normalized spacial score (nSPS) is 15.0. The molecule has 0 saturated carbocycles. The quantitative estimate of drug-likeness (QED) is 0.806. The Morgan fingerprint density at radius 1 is 1.12 bits per heavy atom. The Morgan fingerprint density at radius 2 is 1.85 bits per heavy atom. The van der Waals surface area contributed by atoms with E-state index in [1.807, 2.05) is 61.5 Å². The maximum atomic E-state index is 12.2. The predicted octanol–water partition coefficient (Wildman–Crippen LogP) is 2.97. The number of rotatable bonds is 7. The summed E-state index contributed by atoms with van der Waals surface area (Å²) >= 11 is 0. The van der Waals surface area contributed by atoms with Crippen LogP contribution in [-0.4, -0.2) is 30.9 Å². The minimum absolute atomic E-state index is 0.00244. The number of carbonyl (C=O) groups excluding carboxylic acids is 2. The second kappa shape index (κ2) is 8.52. The van der Waals surface area contributed by atoms with Crippen LogP contribution in [-0.2, 0) is 16.0 Å². The summed E-state index contributed by atoms with van der Waals surface area (Å²) in [7, 11) is 0. The molecule has 2 N–H and O–H groups in total. The van der Waals surface area contributed by atoms with E-state index in [0.29, 0.717) is 19.4 Å². The topological polar surface area (TPSA) is 61.4 Å². The molecule has 1 heterocycles. The summed E-state index contributed by atoms with van der Waals surface area (Å²) in [5.74, 6) is 0.174. The van der Waals surface area contributed by atoms with Crippen molar-refractivity contribution in [2.75, 3.05) is 23.3 Å². The van der Waals surface area contributed by atoms with Gasteiger partial charge in [-0.25, -0.2) is 0 Å². The fraction of sp³-hybridized carbons (Fsp3) is 0.333. The highest BCUT2D eigenvalue weighted by Gasteiger charge is 2.21. The van der Waals surface area contributed by atoms with Crippen molar-refractivity contribution in [3.8, 4) is 0 Å². The molecule has 1 aliphatic rings. The number of nitrogens with zero attached hydrogens (tertiary/aromatic N) is 1. The second-order valence-electron chi connectivity index (χ2n) is 6.71. The van der Waals surface area contributed by atoms with Gasteiger partial charge in [0.25, 0.3) is 0 Å². The average Bonchev–Trinajstić information content (AvgIpc) is 3.07. The van der Waals surface area contributed by atoms with Crippen LogP contribution in [0.15, 0.2) is 54.6 Å². The van der Waals surface area contributed by atoms with Crippen molar-refractivity contribution in [3.05, 3.63) is 60.2 Å². The van der Waals surface area contributed by atoms with E-state index in [4.69, 9.17) is 0 Å². The minimum atomic E-state index is -0.00244. The number of para-hydroxylation sites is 1. The van der Waals surface area contributed by atoms with Crippen LogP contribution in [0.2, 0.25) is 0 Å². The Morgan fingerprint density at radius 3 is 2.50 bits per heavy atom. The molecular weight excluding hydrogens is 326 g/mol. The number of hydrogen-bond acceptors (Lipinski definition) is 3. The first-order valence-corrected chi connectivity index (χ1v) is 9.09. The number of anilines is 2. The molecule has 0 radical (unpaired) electrons. The zero-order valence-electron chi connectivity index (χ0n) is 15.1.